The highest BCUT2D eigenvalue weighted by atomic mass is 16.2. The first-order valence-electron chi connectivity index (χ1n) is 6.28. The van der Waals surface area contributed by atoms with Crippen molar-refractivity contribution >= 4 is 11.8 Å². The Morgan fingerprint density at radius 3 is 1.75 bits per heavy atom. The molecule has 0 aliphatic rings. The van der Waals surface area contributed by atoms with Gasteiger partial charge in [-0.05, 0) is 12.8 Å². The molecule has 0 aromatic heterocycles. The summed E-state index contributed by atoms with van der Waals surface area (Å²) in [7, 11) is 0. The summed E-state index contributed by atoms with van der Waals surface area (Å²) in [6.45, 7) is 5.36. The van der Waals surface area contributed by atoms with Gasteiger partial charge in [-0.3, -0.25) is 9.59 Å². The fourth-order valence-electron chi connectivity index (χ4n) is 1.29. The second-order valence-corrected chi connectivity index (χ2v) is 3.93. The SMILES string of the molecule is CCCCCCNC(=O)C(=O)NCCCC. The Morgan fingerprint density at radius 1 is 0.750 bits per heavy atom. The van der Waals surface area contributed by atoms with Crippen molar-refractivity contribution in [1.29, 1.82) is 0 Å². The minimum atomic E-state index is -0.510. The van der Waals surface area contributed by atoms with Crippen LogP contribution in [0.2, 0.25) is 0 Å². The molecule has 0 heterocycles. The molecule has 0 rings (SSSR count). The van der Waals surface area contributed by atoms with Gasteiger partial charge in [0.15, 0.2) is 0 Å². The van der Waals surface area contributed by atoms with Gasteiger partial charge in [0.2, 0.25) is 0 Å². The summed E-state index contributed by atoms with van der Waals surface area (Å²) in [5.41, 5.74) is 0. The number of hydrogen-bond donors (Lipinski definition) is 2. The van der Waals surface area contributed by atoms with Crippen LogP contribution in [0, 0.1) is 0 Å². The maximum absolute atomic E-state index is 11.2. The lowest BCUT2D eigenvalue weighted by Crippen LogP contribution is -2.40. The zero-order chi connectivity index (χ0) is 12.2. The molecule has 0 bridgehead atoms. The van der Waals surface area contributed by atoms with Crippen molar-refractivity contribution in [1.82, 2.24) is 10.6 Å². The zero-order valence-corrected chi connectivity index (χ0v) is 10.5. The number of nitrogens with one attached hydrogen (secondary N) is 2. The second-order valence-electron chi connectivity index (χ2n) is 3.93. The highest BCUT2D eigenvalue weighted by Crippen LogP contribution is 1.96. The molecule has 4 nitrogen and oxygen atoms in total. The van der Waals surface area contributed by atoms with E-state index in [1.807, 2.05) is 6.92 Å². The third kappa shape index (κ3) is 8.26. The average Bonchev–Trinajstić information content (AvgIpc) is 2.28. The van der Waals surface area contributed by atoms with Gasteiger partial charge in [0.1, 0.15) is 0 Å². The van der Waals surface area contributed by atoms with E-state index in [1.54, 1.807) is 0 Å². The van der Waals surface area contributed by atoms with Crippen molar-refractivity contribution in [3.63, 3.8) is 0 Å². The fraction of sp³-hybridized carbons (Fsp3) is 0.833. The Balaban J connectivity index is 3.44. The van der Waals surface area contributed by atoms with E-state index >= 15 is 0 Å². The van der Waals surface area contributed by atoms with Crippen LogP contribution >= 0.6 is 0 Å². The van der Waals surface area contributed by atoms with Crippen molar-refractivity contribution in [2.24, 2.45) is 0 Å². The van der Waals surface area contributed by atoms with E-state index in [0.29, 0.717) is 13.1 Å². The maximum atomic E-state index is 11.2. The van der Waals surface area contributed by atoms with Crippen LogP contribution in [-0.2, 0) is 9.59 Å². The van der Waals surface area contributed by atoms with Crippen LogP contribution in [0.15, 0.2) is 0 Å². The van der Waals surface area contributed by atoms with Crippen LogP contribution in [0.5, 0.6) is 0 Å². The number of hydrogen-bond acceptors (Lipinski definition) is 2. The van der Waals surface area contributed by atoms with Crippen LogP contribution in [0.25, 0.3) is 0 Å². The highest BCUT2D eigenvalue weighted by Gasteiger charge is 2.10. The highest BCUT2D eigenvalue weighted by molar-refractivity contribution is 6.35. The molecule has 0 radical (unpaired) electrons. The molecule has 0 unspecified atom stereocenters. The lowest BCUT2D eigenvalue weighted by atomic mass is 10.2. The van der Waals surface area contributed by atoms with E-state index in [4.69, 9.17) is 0 Å². The van der Waals surface area contributed by atoms with Gasteiger partial charge in [-0.2, -0.15) is 0 Å². The van der Waals surface area contributed by atoms with Crippen LogP contribution in [0.4, 0.5) is 0 Å². The molecule has 0 saturated carbocycles. The van der Waals surface area contributed by atoms with Gasteiger partial charge in [0.05, 0.1) is 0 Å². The van der Waals surface area contributed by atoms with Crippen molar-refractivity contribution in [3.8, 4) is 0 Å². The Morgan fingerprint density at radius 2 is 1.25 bits per heavy atom. The third-order valence-electron chi connectivity index (χ3n) is 2.34. The number of amides is 2. The maximum Gasteiger partial charge on any atom is 0.309 e. The van der Waals surface area contributed by atoms with Crippen molar-refractivity contribution in [2.45, 2.75) is 52.4 Å². The lowest BCUT2D eigenvalue weighted by Gasteiger charge is -2.05. The molecule has 0 fully saturated rings. The lowest BCUT2D eigenvalue weighted by molar-refractivity contribution is -0.139. The molecule has 2 amide bonds. The predicted octanol–water partition coefficient (Wildman–Crippen LogP) is 1.60. The summed E-state index contributed by atoms with van der Waals surface area (Å²) in [6.07, 6.45) is 6.33. The summed E-state index contributed by atoms with van der Waals surface area (Å²) in [5, 5.41) is 5.20. The zero-order valence-electron chi connectivity index (χ0n) is 10.5. The number of carbonyl (C=O) groups is 2. The molecule has 94 valence electrons. The van der Waals surface area contributed by atoms with Crippen LogP contribution in [-0.4, -0.2) is 24.9 Å². The Bertz CT molecular complexity index is 205. The van der Waals surface area contributed by atoms with Gasteiger partial charge < -0.3 is 10.6 Å². The third-order valence-corrected chi connectivity index (χ3v) is 2.34. The summed E-state index contributed by atoms with van der Waals surface area (Å²) in [4.78, 5) is 22.5. The standard InChI is InChI=1S/C12H24N2O2/c1-3-5-7-8-10-14-12(16)11(15)13-9-6-4-2/h3-10H2,1-2H3,(H,13,15)(H,14,16). The van der Waals surface area contributed by atoms with Gasteiger partial charge in [-0.1, -0.05) is 39.5 Å². The van der Waals surface area contributed by atoms with Gasteiger partial charge in [0.25, 0.3) is 0 Å². The Hall–Kier alpha value is -1.06. The molecule has 2 N–H and O–H groups in total. The Labute approximate surface area is 98.2 Å². The van der Waals surface area contributed by atoms with Crippen LogP contribution in [0.1, 0.15) is 52.4 Å². The van der Waals surface area contributed by atoms with Crippen molar-refractivity contribution < 1.29 is 9.59 Å². The largest absolute Gasteiger partial charge is 0.348 e. The molecule has 0 spiro atoms. The molecule has 0 atom stereocenters. The first-order valence-corrected chi connectivity index (χ1v) is 6.28. The van der Waals surface area contributed by atoms with Crippen LogP contribution in [0.3, 0.4) is 0 Å². The van der Waals surface area contributed by atoms with Gasteiger partial charge in [-0.15, -0.1) is 0 Å². The van der Waals surface area contributed by atoms with Crippen molar-refractivity contribution in [3.05, 3.63) is 0 Å². The molecule has 0 aliphatic heterocycles. The smallest absolute Gasteiger partial charge is 0.309 e. The number of rotatable bonds is 8. The first-order chi connectivity index (χ1) is 7.72. The van der Waals surface area contributed by atoms with E-state index in [0.717, 1.165) is 25.7 Å². The topological polar surface area (TPSA) is 58.2 Å². The number of unbranched alkanes of at least 4 members (excludes halogenated alkanes) is 4. The van der Waals surface area contributed by atoms with Crippen molar-refractivity contribution in [2.75, 3.05) is 13.1 Å². The van der Waals surface area contributed by atoms with Crippen LogP contribution < -0.4 is 10.6 Å². The van der Waals surface area contributed by atoms with Gasteiger partial charge in [0, 0.05) is 13.1 Å². The monoisotopic (exact) mass is 228 g/mol. The summed E-state index contributed by atoms with van der Waals surface area (Å²) in [6, 6.07) is 0. The molecule has 0 saturated heterocycles. The van der Waals surface area contributed by atoms with Gasteiger partial charge in [-0.25, -0.2) is 0 Å². The molecule has 16 heavy (non-hydrogen) atoms. The normalized spacial score (nSPS) is 9.88. The molecular formula is C12H24N2O2. The van der Waals surface area contributed by atoms with E-state index in [9.17, 15) is 9.59 Å². The second kappa shape index (κ2) is 10.5. The molecule has 0 aromatic rings. The van der Waals surface area contributed by atoms with E-state index in [1.165, 1.54) is 12.8 Å². The molecule has 0 aliphatic carbocycles. The van der Waals surface area contributed by atoms with E-state index in [-0.39, 0.29) is 0 Å². The minimum Gasteiger partial charge on any atom is -0.348 e. The van der Waals surface area contributed by atoms with E-state index in [2.05, 4.69) is 17.6 Å². The van der Waals surface area contributed by atoms with Gasteiger partial charge >= 0.3 is 11.8 Å². The molecular weight excluding hydrogens is 204 g/mol. The molecule has 4 heteroatoms. The quantitative estimate of drug-likeness (QED) is 0.490. The molecule has 0 aromatic carbocycles. The fourth-order valence-corrected chi connectivity index (χ4v) is 1.29. The van der Waals surface area contributed by atoms with E-state index < -0.39 is 11.8 Å². The average molecular weight is 228 g/mol. The summed E-state index contributed by atoms with van der Waals surface area (Å²) in [5.74, 6) is -1.02. The summed E-state index contributed by atoms with van der Waals surface area (Å²) >= 11 is 0. The minimum absolute atomic E-state index is 0.507. The predicted molar refractivity (Wildman–Crippen MR) is 65.1 cm³/mol. The number of carbonyl (C=O) groups excluding carboxylic acids is 2. The summed E-state index contributed by atoms with van der Waals surface area (Å²) < 4.78 is 0. The Kier molecular flexibility index (Phi) is 9.76. The first kappa shape index (κ1) is 14.9.